The van der Waals surface area contributed by atoms with Gasteiger partial charge in [0.05, 0.1) is 6.54 Å². The van der Waals surface area contributed by atoms with Gasteiger partial charge in [0.15, 0.2) is 0 Å². The lowest BCUT2D eigenvalue weighted by atomic mass is 10.3. The average molecular weight is 280 g/mol. The first-order valence-corrected chi connectivity index (χ1v) is 6.08. The molecule has 0 atom stereocenters. The third kappa shape index (κ3) is 5.46. The Morgan fingerprint density at radius 2 is 1.84 bits per heavy atom. The van der Waals surface area contributed by atoms with Crippen molar-refractivity contribution in [2.24, 2.45) is 0 Å². The molecule has 0 amide bonds. The molecule has 1 N–H and O–H groups in total. The molecular formula is C11H19F3N4O. The number of hydrogen-bond acceptors (Lipinski definition) is 5. The third-order valence-corrected chi connectivity index (χ3v) is 2.34. The first kappa shape index (κ1) is 15.7. The summed E-state index contributed by atoms with van der Waals surface area (Å²) in [6.45, 7) is 6.40. The maximum atomic E-state index is 12.5. The zero-order chi connectivity index (χ0) is 14.6. The van der Waals surface area contributed by atoms with Crippen LogP contribution in [0, 0.1) is 0 Å². The van der Waals surface area contributed by atoms with Gasteiger partial charge in [0, 0.05) is 12.1 Å². The Bertz CT molecular complexity index is 390. The Morgan fingerprint density at radius 1 is 1.21 bits per heavy atom. The maximum Gasteiger partial charge on any atom is 0.406 e. The van der Waals surface area contributed by atoms with Gasteiger partial charge in [-0.2, -0.15) is 13.2 Å². The Labute approximate surface area is 110 Å². The normalized spacial score (nSPS) is 12.5. The number of nitrogens with one attached hydrogen (secondary N) is 1. The van der Waals surface area contributed by atoms with Gasteiger partial charge in [-0.25, -0.2) is 0 Å². The van der Waals surface area contributed by atoms with Crippen LogP contribution in [0.2, 0.25) is 0 Å². The fourth-order valence-corrected chi connectivity index (χ4v) is 1.39. The molecule has 0 aromatic carbocycles. The lowest BCUT2D eigenvalue weighted by molar-refractivity contribution is -0.121. The van der Waals surface area contributed by atoms with Crippen molar-refractivity contribution in [3.63, 3.8) is 0 Å². The molecular weight excluding hydrogens is 261 g/mol. The van der Waals surface area contributed by atoms with E-state index in [1.54, 1.807) is 13.8 Å². The molecule has 0 radical (unpaired) electrons. The molecule has 19 heavy (non-hydrogen) atoms. The molecule has 110 valence electrons. The molecule has 0 saturated heterocycles. The number of hydrogen-bond donors (Lipinski definition) is 1. The Kier molecular flexibility index (Phi) is 5.16. The molecule has 8 heteroatoms. The lowest BCUT2D eigenvalue weighted by Gasteiger charge is -2.25. The van der Waals surface area contributed by atoms with Gasteiger partial charge in [0.2, 0.25) is 5.89 Å². The SMILES string of the molecule is CC(C)NCc1nnc(N(CC(F)(F)F)C(C)C)o1. The molecule has 0 aliphatic carbocycles. The Hall–Kier alpha value is -1.31. The van der Waals surface area contributed by atoms with Crippen molar-refractivity contribution in [2.45, 2.75) is 52.5 Å². The molecule has 0 bridgehead atoms. The van der Waals surface area contributed by atoms with E-state index < -0.39 is 12.7 Å². The summed E-state index contributed by atoms with van der Waals surface area (Å²) in [6, 6.07) is -0.257. The van der Waals surface area contributed by atoms with Crippen molar-refractivity contribution in [3.05, 3.63) is 5.89 Å². The Balaban J connectivity index is 2.75. The summed E-state index contributed by atoms with van der Waals surface area (Å²) in [4.78, 5) is 1.03. The standard InChI is InChI=1S/C11H19F3N4O/c1-7(2)15-5-9-16-17-10(19-9)18(8(3)4)6-11(12,13)14/h7-8,15H,5-6H2,1-4H3. The van der Waals surface area contributed by atoms with Crippen molar-refractivity contribution >= 4 is 6.01 Å². The number of halogens is 3. The zero-order valence-electron chi connectivity index (χ0n) is 11.5. The van der Waals surface area contributed by atoms with E-state index in [1.165, 1.54) is 0 Å². The van der Waals surface area contributed by atoms with Gasteiger partial charge < -0.3 is 14.6 Å². The highest BCUT2D eigenvalue weighted by Gasteiger charge is 2.34. The van der Waals surface area contributed by atoms with Crippen molar-refractivity contribution in [3.8, 4) is 0 Å². The van der Waals surface area contributed by atoms with Crippen molar-refractivity contribution < 1.29 is 17.6 Å². The second-order valence-electron chi connectivity index (χ2n) is 4.85. The van der Waals surface area contributed by atoms with Crippen LogP contribution in [-0.2, 0) is 6.54 Å². The van der Waals surface area contributed by atoms with E-state index in [0.717, 1.165) is 4.90 Å². The van der Waals surface area contributed by atoms with Gasteiger partial charge in [-0.15, -0.1) is 5.10 Å². The van der Waals surface area contributed by atoms with Crippen molar-refractivity contribution in [1.82, 2.24) is 15.5 Å². The van der Waals surface area contributed by atoms with Crippen LogP contribution < -0.4 is 10.2 Å². The van der Waals surface area contributed by atoms with E-state index in [1.807, 2.05) is 13.8 Å². The number of rotatable bonds is 6. The van der Waals surface area contributed by atoms with Crippen LogP contribution in [0.3, 0.4) is 0 Å². The molecule has 1 rings (SSSR count). The quantitative estimate of drug-likeness (QED) is 0.867. The predicted octanol–water partition coefficient (Wildman–Crippen LogP) is 2.34. The number of nitrogens with zero attached hydrogens (tertiary/aromatic N) is 3. The average Bonchev–Trinajstić information content (AvgIpc) is 2.69. The highest BCUT2D eigenvalue weighted by Crippen LogP contribution is 2.23. The minimum Gasteiger partial charge on any atom is -0.407 e. The second kappa shape index (κ2) is 6.23. The van der Waals surface area contributed by atoms with Crippen LogP contribution in [0.5, 0.6) is 0 Å². The molecule has 0 fully saturated rings. The molecule has 0 unspecified atom stereocenters. The largest absolute Gasteiger partial charge is 0.407 e. The van der Waals surface area contributed by atoms with Gasteiger partial charge >= 0.3 is 12.2 Å². The van der Waals surface area contributed by atoms with Crippen LogP contribution in [-0.4, -0.2) is 35.0 Å². The summed E-state index contributed by atoms with van der Waals surface area (Å²) >= 11 is 0. The summed E-state index contributed by atoms with van der Waals surface area (Å²) in [5.41, 5.74) is 0. The summed E-state index contributed by atoms with van der Waals surface area (Å²) in [6.07, 6.45) is -4.31. The smallest absolute Gasteiger partial charge is 0.406 e. The third-order valence-electron chi connectivity index (χ3n) is 2.34. The van der Waals surface area contributed by atoms with Crippen LogP contribution in [0.4, 0.5) is 19.2 Å². The van der Waals surface area contributed by atoms with Crippen molar-refractivity contribution in [2.75, 3.05) is 11.4 Å². The van der Waals surface area contributed by atoms with Crippen LogP contribution in [0.25, 0.3) is 0 Å². The Morgan fingerprint density at radius 3 is 2.32 bits per heavy atom. The van der Waals surface area contributed by atoms with Gasteiger partial charge in [-0.1, -0.05) is 18.9 Å². The first-order valence-electron chi connectivity index (χ1n) is 6.08. The van der Waals surface area contributed by atoms with Gasteiger partial charge in [0.1, 0.15) is 6.54 Å². The molecule has 0 aliphatic rings. The van der Waals surface area contributed by atoms with Gasteiger partial charge in [-0.3, -0.25) is 0 Å². The van der Waals surface area contributed by atoms with Gasteiger partial charge in [-0.05, 0) is 13.8 Å². The van der Waals surface area contributed by atoms with Gasteiger partial charge in [0.25, 0.3) is 0 Å². The fraction of sp³-hybridized carbons (Fsp3) is 0.818. The summed E-state index contributed by atoms with van der Waals surface area (Å²) in [7, 11) is 0. The minimum absolute atomic E-state index is 0.104. The van der Waals surface area contributed by atoms with E-state index in [-0.39, 0.29) is 24.0 Å². The lowest BCUT2D eigenvalue weighted by Crippen LogP contribution is -2.39. The first-order chi connectivity index (χ1) is 8.69. The number of anilines is 1. The summed E-state index contributed by atoms with van der Waals surface area (Å²) in [5.74, 6) is 0.275. The molecule has 0 saturated carbocycles. The molecule has 1 aromatic heterocycles. The maximum absolute atomic E-state index is 12.5. The van der Waals surface area contributed by atoms with Crippen LogP contribution in [0.15, 0.2) is 4.42 Å². The van der Waals surface area contributed by atoms with Crippen LogP contribution >= 0.6 is 0 Å². The van der Waals surface area contributed by atoms with E-state index in [2.05, 4.69) is 15.5 Å². The molecule has 0 spiro atoms. The minimum atomic E-state index is -4.31. The summed E-state index contributed by atoms with van der Waals surface area (Å²) < 4.78 is 42.7. The fourth-order valence-electron chi connectivity index (χ4n) is 1.39. The zero-order valence-corrected chi connectivity index (χ0v) is 11.5. The van der Waals surface area contributed by atoms with E-state index in [0.29, 0.717) is 6.54 Å². The molecule has 5 nitrogen and oxygen atoms in total. The highest BCUT2D eigenvalue weighted by atomic mass is 19.4. The van der Waals surface area contributed by atoms with E-state index >= 15 is 0 Å². The highest BCUT2D eigenvalue weighted by molar-refractivity contribution is 5.26. The molecule has 0 aliphatic heterocycles. The van der Waals surface area contributed by atoms with E-state index in [9.17, 15) is 13.2 Å². The number of aromatic nitrogens is 2. The van der Waals surface area contributed by atoms with E-state index in [4.69, 9.17) is 4.42 Å². The van der Waals surface area contributed by atoms with Crippen molar-refractivity contribution in [1.29, 1.82) is 0 Å². The monoisotopic (exact) mass is 280 g/mol. The molecule has 1 heterocycles. The number of alkyl halides is 3. The second-order valence-corrected chi connectivity index (χ2v) is 4.85. The van der Waals surface area contributed by atoms with Crippen LogP contribution in [0.1, 0.15) is 33.6 Å². The summed E-state index contributed by atoms with van der Waals surface area (Å²) in [5, 5.41) is 10.5. The topological polar surface area (TPSA) is 54.2 Å². The predicted molar refractivity (Wildman–Crippen MR) is 64.8 cm³/mol. The molecule has 1 aromatic rings.